The highest BCUT2D eigenvalue weighted by Crippen LogP contribution is 2.31. The smallest absolute Gasteiger partial charge is 0.226 e. The molecular weight excluding hydrogens is 348 g/mol. The fraction of sp³-hybridized carbons (Fsp3) is 0.286. The van der Waals surface area contributed by atoms with Crippen molar-refractivity contribution in [2.75, 3.05) is 17.2 Å². The van der Waals surface area contributed by atoms with Crippen LogP contribution >= 0.6 is 11.6 Å². The van der Waals surface area contributed by atoms with Crippen molar-refractivity contribution in [2.24, 2.45) is 5.73 Å². The summed E-state index contributed by atoms with van der Waals surface area (Å²) in [6, 6.07) is 2.58. The van der Waals surface area contributed by atoms with Crippen LogP contribution in [-0.4, -0.2) is 48.2 Å². The summed E-state index contributed by atoms with van der Waals surface area (Å²) in [5.41, 5.74) is 7.00. The quantitative estimate of drug-likeness (QED) is 0.353. The SMILES string of the molecule is CC(N)CNc1nc(NCc2cc(O)c(Cl)cc2O)c2n[nH]nc2n1. The molecule has 3 aromatic rings. The number of anilines is 2. The Balaban J connectivity index is 1.85. The van der Waals surface area contributed by atoms with Gasteiger partial charge in [0, 0.05) is 30.8 Å². The highest BCUT2D eigenvalue weighted by Gasteiger charge is 2.13. The third-order valence-corrected chi connectivity index (χ3v) is 3.66. The van der Waals surface area contributed by atoms with E-state index in [-0.39, 0.29) is 29.1 Å². The monoisotopic (exact) mass is 364 g/mol. The topological polar surface area (TPSA) is 158 Å². The number of hydrogen-bond acceptors (Lipinski definition) is 9. The van der Waals surface area contributed by atoms with Crippen LogP contribution in [0.5, 0.6) is 11.5 Å². The van der Waals surface area contributed by atoms with E-state index in [0.717, 1.165) is 0 Å². The van der Waals surface area contributed by atoms with Crippen molar-refractivity contribution in [1.29, 1.82) is 0 Å². The van der Waals surface area contributed by atoms with Crippen molar-refractivity contribution in [2.45, 2.75) is 19.5 Å². The highest BCUT2D eigenvalue weighted by molar-refractivity contribution is 6.32. The van der Waals surface area contributed by atoms with Gasteiger partial charge in [0.25, 0.3) is 0 Å². The zero-order valence-corrected chi connectivity index (χ0v) is 14.0. The lowest BCUT2D eigenvalue weighted by Crippen LogP contribution is -2.26. The van der Waals surface area contributed by atoms with Gasteiger partial charge in [-0.3, -0.25) is 0 Å². The second-order valence-corrected chi connectivity index (χ2v) is 5.94. The first kappa shape index (κ1) is 17.0. The molecule has 0 amide bonds. The summed E-state index contributed by atoms with van der Waals surface area (Å²) in [6.45, 7) is 2.54. The Morgan fingerprint density at radius 2 is 2.00 bits per heavy atom. The van der Waals surface area contributed by atoms with Gasteiger partial charge in [0.1, 0.15) is 11.5 Å². The Bertz CT molecular complexity index is 898. The normalized spacial score (nSPS) is 12.3. The van der Waals surface area contributed by atoms with E-state index in [1.807, 2.05) is 6.92 Å². The Kier molecular flexibility index (Phi) is 4.72. The minimum atomic E-state index is -0.121. The summed E-state index contributed by atoms with van der Waals surface area (Å²) in [4.78, 5) is 8.58. The van der Waals surface area contributed by atoms with Crippen molar-refractivity contribution in [3.63, 3.8) is 0 Å². The van der Waals surface area contributed by atoms with Crippen LogP contribution < -0.4 is 16.4 Å². The van der Waals surface area contributed by atoms with Gasteiger partial charge >= 0.3 is 0 Å². The van der Waals surface area contributed by atoms with Gasteiger partial charge in [-0.25, -0.2) is 0 Å². The Morgan fingerprint density at radius 1 is 1.20 bits per heavy atom. The summed E-state index contributed by atoms with van der Waals surface area (Å²) >= 11 is 5.76. The molecule has 11 heteroatoms. The molecule has 0 fully saturated rings. The molecule has 7 N–H and O–H groups in total. The largest absolute Gasteiger partial charge is 0.508 e. The summed E-state index contributed by atoms with van der Waals surface area (Å²) in [5.74, 6) is 0.602. The number of nitrogens with one attached hydrogen (secondary N) is 3. The van der Waals surface area contributed by atoms with E-state index in [9.17, 15) is 10.2 Å². The molecule has 0 saturated heterocycles. The number of hydrogen-bond donors (Lipinski definition) is 6. The molecule has 2 aromatic heterocycles. The first-order valence-corrected chi connectivity index (χ1v) is 7.84. The maximum Gasteiger partial charge on any atom is 0.226 e. The third-order valence-electron chi connectivity index (χ3n) is 3.36. The highest BCUT2D eigenvalue weighted by atomic mass is 35.5. The maximum atomic E-state index is 9.94. The number of phenolic OH excluding ortho intramolecular Hbond substituents is 2. The second kappa shape index (κ2) is 6.95. The fourth-order valence-corrected chi connectivity index (χ4v) is 2.27. The lowest BCUT2D eigenvalue weighted by Gasteiger charge is -2.11. The summed E-state index contributed by atoms with van der Waals surface area (Å²) in [5, 5.41) is 36.2. The number of aromatic hydroxyl groups is 2. The van der Waals surface area contributed by atoms with Crippen LogP contribution in [0.1, 0.15) is 12.5 Å². The van der Waals surface area contributed by atoms with Crippen molar-refractivity contribution in [1.82, 2.24) is 25.4 Å². The number of halogens is 1. The van der Waals surface area contributed by atoms with Crippen molar-refractivity contribution in [3.05, 3.63) is 22.7 Å². The minimum absolute atomic E-state index is 0.0453. The van der Waals surface area contributed by atoms with Crippen LogP contribution in [0.2, 0.25) is 5.02 Å². The van der Waals surface area contributed by atoms with E-state index in [0.29, 0.717) is 35.0 Å². The zero-order valence-electron chi connectivity index (χ0n) is 13.3. The molecule has 0 aliphatic rings. The lowest BCUT2D eigenvalue weighted by atomic mass is 10.2. The molecule has 1 unspecified atom stereocenters. The number of nitrogens with two attached hydrogens (primary N) is 1. The molecule has 3 rings (SSSR count). The predicted octanol–water partition coefficient (Wildman–Crippen LogP) is 1.18. The van der Waals surface area contributed by atoms with Crippen LogP contribution in [-0.2, 0) is 6.54 Å². The van der Waals surface area contributed by atoms with Crippen LogP contribution in [0.25, 0.3) is 11.2 Å². The van der Waals surface area contributed by atoms with Crippen molar-refractivity contribution < 1.29 is 10.2 Å². The van der Waals surface area contributed by atoms with Gasteiger partial charge in [0.05, 0.1) is 5.02 Å². The molecule has 0 spiro atoms. The number of phenols is 2. The van der Waals surface area contributed by atoms with Gasteiger partial charge in [-0.1, -0.05) is 11.6 Å². The lowest BCUT2D eigenvalue weighted by molar-refractivity contribution is 0.455. The molecule has 132 valence electrons. The molecule has 1 aromatic carbocycles. The summed E-state index contributed by atoms with van der Waals surface area (Å²) in [6.07, 6.45) is 0. The molecular formula is C14H17ClN8O2. The number of nitrogens with zero attached hydrogens (tertiary/aromatic N) is 4. The Labute approximate surface area is 147 Å². The molecule has 0 bridgehead atoms. The van der Waals surface area contributed by atoms with E-state index in [2.05, 4.69) is 36.0 Å². The van der Waals surface area contributed by atoms with Crippen LogP contribution in [0.3, 0.4) is 0 Å². The number of H-pyrrole nitrogens is 1. The summed E-state index contributed by atoms with van der Waals surface area (Å²) < 4.78 is 0. The van der Waals surface area contributed by atoms with Gasteiger partial charge in [-0.05, 0) is 13.0 Å². The van der Waals surface area contributed by atoms with Crippen molar-refractivity contribution in [3.8, 4) is 11.5 Å². The zero-order chi connectivity index (χ0) is 18.0. The number of rotatable bonds is 6. The van der Waals surface area contributed by atoms with Crippen LogP contribution in [0, 0.1) is 0 Å². The minimum Gasteiger partial charge on any atom is -0.508 e. The molecule has 10 nitrogen and oxygen atoms in total. The first-order chi connectivity index (χ1) is 11.9. The average Bonchev–Trinajstić information content (AvgIpc) is 3.03. The number of fused-ring (bicyclic) bond motifs is 1. The molecule has 1 atom stereocenters. The van der Waals surface area contributed by atoms with E-state index >= 15 is 0 Å². The van der Waals surface area contributed by atoms with Gasteiger partial charge in [-0.2, -0.15) is 20.3 Å². The maximum absolute atomic E-state index is 9.94. The molecule has 0 aliphatic carbocycles. The van der Waals surface area contributed by atoms with Gasteiger partial charge in [0.15, 0.2) is 11.3 Å². The number of aromatic nitrogens is 5. The molecule has 0 aliphatic heterocycles. The van der Waals surface area contributed by atoms with Crippen LogP contribution in [0.15, 0.2) is 12.1 Å². The van der Waals surface area contributed by atoms with E-state index < -0.39 is 0 Å². The van der Waals surface area contributed by atoms with Gasteiger partial charge < -0.3 is 26.6 Å². The van der Waals surface area contributed by atoms with Crippen molar-refractivity contribution >= 4 is 34.5 Å². The van der Waals surface area contributed by atoms with Crippen LogP contribution in [0.4, 0.5) is 11.8 Å². The second-order valence-electron chi connectivity index (χ2n) is 5.54. The Hall–Kier alpha value is -2.85. The molecule has 0 radical (unpaired) electrons. The predicted molar refractivity (Wildman–Crippen MR) is 93.7 cm³/mol. The van der Waals surface area contributed by atoms with Gasteiger partial charge in [0.2, 0.25) is 11.6 Å². The van der Waals surface area contributed by atoms with Gasteiger partial charge in [-0.15, -0.1) is 5.10 Å². The van der Waals surface area contributed by atoms with E-state index in [1.165, 1.54) is 12.1 Å². The molecule has 2 heterocycles. The fourth-order valence-electron chi connectivity index (χ4n) is 2.12. The summed E-state index contributed by atoms with van der Waals surface area (Å²) in [7, 11) is 0. The Morgan fingerprint density at radius 3 is 2.76 bits per heavy atom. The average molecular weight is 365 g/mol. The molecule has 25 heavy (non-hydrogen) atoms. The third kappa shape index (κ3) is 3.80. The number of benzene rings is 1. The molecule has 0 saturated carbocycles. The standard InChI is InChI=1S/C14H17ClN8O2/c1-6(16)4-18-14-19-12(11-13(20-14)22-23-21-11)17-5-7-2-10(25)8(15)3-9(7)24/h2-3,6,24-25H,4-5,16H2,1H3,(H3,17,18,19,20,21,22,23). The van der Waals surface area contributed by atoms with E-state index in [4.69, 9.17) is 17.3 Å². The number of aromatic amines is 1. The van der Waals surface area contributed by atoms with E-state index in [1.54, 1.807) is 0 Å². The first-order valence-electron chi connectivity index (χ1n) is 7.46.